The van der Waals surface area contributed by atoms with Crippen molar-refractivity contribution in [1.29, 1.82) is 0 Å². The van der Waals surface area contributed by atoms with E-state index in [9.17, 15) is 4.79 Å². The highest BCUT2D eigenvalue weighted by molar-refractivity contribution is 7.16. The number of esters is 1. The van der Waals surface area contributed by atoms with Crippen molar-refractivity contribution in [3.8, 4) is 5.19 Å². The molecule has 1 aromatic heterocycles. The summed E-state index contributed by atoms with van der Waals surface area (Å²) in [6, 6.07) is 0. The van der Waals surface area contributed by atoms with E-state index in [1.807, 2.05) is 25.2 Å². The number of rotatable bonds is 7. The summed E-state index contributed by atoms with van der Waals surface area (Å²) in [6.45, 7) is 2.43. The van der Waals surface area contributed by atoms with Crippen LogP contribution in [0.3, 0.4) is 0 Å². The number of carbonyl (C=O) groups excluding carboxylic acids is 1. The topological polar surface area (TPSA) is 87.3 Å². The van der Waals surface area contributed by atoms with Gasteiger partial charge in [0.25, 0.3) is 5.19 Å². The van der Waals surface area contributed by atoms with Crippen molar-refractivity contribution in [2.24, 2.45) is 5.41 Å². The second kappa shape index (κ2) is 6.71. The normalized spacial score (nSPS) is 17.0. The number of allylic oxidation sites excluding steroid dienone is 2. The zero-order valence-corrected chi connectivity index (χ0v) is 13.0. The van der Waals surface area contributed by atoms with Gasteiger partial charge in [0.15, 0.2) is 0 Å². The molecule has 1 saturated carbocycles. The molecule has 0 saturated heterocycles. The molecule has 0 spiro atoms. The number of aromatic nitrogens is 2. The van der Waals surface area contributed by atoms with E-state index < -0.39 is 5.41 Å². The number of carbonyl (C=O) groups is 1. The first kappa shape index (κ1) is 15.5. The standard InChI is InChI=1S/C14H19N3O3S/c1-3-10(14(7-8-14)11(18)19-2)6-4-5-9-20-13-17-16-12(15)21-13/h3-4,6H,5,7-9H2,1-2H3,(H2,15,16)/b6-4-,10-3+. The molecule has 1 aromatic rings. The van der Waals surface area contributed by atoms with Gasteiger partial charge in [0, 0.05) is 0 Å². The zero-order valence-electron chi connectivity index (χ0n) is 12.2. The third kappa shape index (κ3) is 3.60. The maximum Gasteiger partial charge on any atom is 0.316 e. The fraction of sp³-hybridized carbons (Fsp3) is 0.500. The second-order valence-electron chi connectivity index (χ2n) is 4.76. The molecule has 0 unspecified atom stereocenters. The van der Waals surface area contributed by atoms with Gasteiger partial charge in [0.05, 0.1) is 19.1 Å². The van der Waals surface area contributed by atoms with Crippen molar-refractivity contribution >= 4 is 22.4 Å². The van der Waals surface area contributed by atoms with Crippen molar-refractivity contribution in [2.75, 3.05) is 19.5 Å². The number of nitrogens with zero attached hydrogens (tertiary/aromatic N) is 2. The Morgan fingerprint density at radius 2 is 2.24 bits per heavy atom. The van der Waals surface area contributed by atoms with Crippen LogP contribution in [-0.4, -0.2) is 29.9 Å². The van der Waals surface area contributed by atoms with E-state index in [1.165, 1.54) is 18.4 Å². The van der Waals surface area contributed by atoms with Crippen LogP contribution < -0.4 is 10.5 Å². The van der Waals surface area contributed by atoms with E-state index >= 15 is 0 Å². The molecule has 2 rings (SSSR count). The molecule has 2 N–H and O–H groups in total. The Morgan fingerprint density at radius 3 is 2.76 bits per heavy atom. The van der Waals surface area contributed by atoms with Crippen LogP contribution in [0, 0.1) is 5.41 Å². The lowest BCUT2D eigenvalue weighted by molar-refractivity contribution is -0.145. The van der Waals surface area contributed by atoms with E-state index in [0.717, 1.165) is 18.4 Å². The first-order chi connectivity index (χ1) is 10.1. The highest BCUT2D eigenvalue weighted by Crippen LogP contribution is 2.53. The lowest BCUT2D eigenvalue weighted by atomic mass is 9.95. The summed E-state index contributed by atoms with van der Waals surface area (Å²) >= 11 is 1.21. The SMILES string of the molecule is C/C=C(\C=C/CCOc1nnc(N)s1)C1(C(=O)OC)CC1. The monoisotopic (exact) mass is 309 g/mol. The first-order valence-corrected chi connectivity index (χ1v) is 7.57. The van der Waals surface area contributed by atoms with Gasteiger partial charge in [-0.1, -0.05) is 23.3 Å². The van der Waals surface area contributed by atoms with E-state index in [2.05, 4.69) is 10.2 Å². The van der Waals surface area contributed by atoms with Crippen LogP contribution >= 0.6 is 11.3 Å². The summed E-state index contributed by atoms with van der Waals surface area (Å²) in [5.74, 6) is -0.152. The zero-order chi connectivity index (χ0) is 15.3. The van der Waals surface area contributed by atoms with Crippen LogP contribution in [0.4, 0.5) is 5.13 Å². The summed E-state index contributed by atoms with van der Waals surface area (Å²) in [6.07, 6.45) is 8.35. The van der Waals surface area contributed by atoms with Crippen LogP contribution in [0.5, 0.6) is 5.19 Å². The quantitative estimate of drug-likeness (QED) is 0.472. The smallest absolute Gasteiger partial charge is 0.316 e. The molecule has 1 aliphatic carbocycles. The molecule has 7 heteroatoms. The van der Waals surface area contributed by atoms with Gasteiger partial charge in [-0.05, 0) is 43.1 Å². The summed E-state index contributed by atoms with van der Waals surface area (Å²) in [5, 5.41) is 8.31. The van der Waals surface area contributed by atoms with Gasteiger partial charge in [0.1, 0.15) is 0 Å². The van der Waals surface area contributed by atoms with Crippen LogP contribution in [0.25, 0.3) is 0 Å². The number of anilines is 1. The lowest BCUT2D eigenvalue weighted by Crippen LogP contribution is -2.19. The Labute approximate surface area is 127 Å². The van der Waals surface area contributed by atoms with Gasteiger partial charge < -0.3 is 15.2 Å². The van der Waals surface area contributed by atoms with Gasteiger partial charge >= 0.3 is 5.97 Å². The molecule has 21 heavy (non-hydrogen) atoms. The predicted octanol–water partition coefficient (Wildman–Crippen LogP) is 2.34. The number of hydrogen-bond acceptors (Lipinski definition) is 7. The molecular formula is C14H19N3O3S. The largest absolute Gasteiger partial charge is 0.469 e. The Morgan fingerprint density at radius 1 is 1.48 bits per heavy atom. The predicted molar refractivity (Wildman–Crippen MR) is 81.0 cm³/mol. The summed E-state index contributed by atoms with van der Waals surface area (Å²) in [5.41, 5.74) is 6.05. The Balaban J connectivity index is 1.81. The van der Waals surface area contributed by atoms with Gasteiger partial charge in [-0.2, -0.15) is 0 Å². The molecular weight excluding hydrogens is 290 g/mol. The van der Waals surface area contributed by atoms with Crippen LogP contribution in [-0.2, 0) is 9.53 Å². The number of nitrogen functional groups attached to an aromatic ring is 1. The summed E-state index contributed by atoms with van der Waals surface area (Å²) in [7, 11) is 1.43. The number of methoxy groups -OCH3 is 1. The molecule has 6 nitrogen and oxygen atoms in total. The second-order valence-corrected chi connectivity index (χ2v) is 5.74. The van der Waals surface area contributed by atoms with Crippen LogP contribution in [0.2, 0.25) is 0 Å². The van der Waals surface area contributed by atoms with Gasteiger partial charge in [-0.15, -0.1) is 5.10 Å². The molecule has 0 aliphatic heterocycles. The molecule has 0 radical (unpaired) electrons. The first-order valence-electron chi connectivity index (χ1n) is 6.76. The molecule has 0 amide bonds. The van der Waals surface area contributed by atoms with Crippen molar-refractivity contribution < 1.29 is 14.3 Å². The third-order valence-electron chi connectivity index (χ3n) is 3.42. The van der Waals surface area contributed by atoms with Crippen molar-refractivity contribution in [3.63, 3.8) is 0 Å². The third-order valence-corrected chi connectivity index (χ3v) is 4.08. The van der Waals surface area contributed by atoms with Crippen LogP contribution in [0.15, 0.2) is 23.8 Å². The minimum absolute atomic E-state index is 0.152. The van der Waals surface area contributed by atoms with Gasteiger partial charge in [-0.3, -0.25) is 4.79 Å². The van der Waals surface area contributed by atoms with E-state index in [4.69, 9.17) is 15.2 Å². The van der Waals surface area contributed by atoms with Crippen molar-refractivity contribution in [3.05, 3.63) is 23.8 Å². The number of ether oxygens (including phenoxy) is 2. The average molecular weight is 309 g/mol. The number of nitrogens with two attached hydrogens (primary N) is 1. The Hall–Kier alpha value is -1.89. The van der Waals surface area contributed by atoms with Gasteiger partial charge in [-0.25, -0.2) is 0 Å². The molecule has 1 fully saturated rings. The fourth-order valence-corrected chi connectivity index (χ4v) is 2.65. The Kier molecular flexibility index (Phi) is 4.95. The Bertz CT molecular complexity index is 562. The highest BCUT2D eigenvalue weighted by Gasteiger charge is 2.52. The highest BCUT2D eigenvalue weighted by atomic mass is 32.1. The average Bonchev–Trinajstić information content (AvgIpc) is 3.19. The maximum absolute atomic E-state index is 11.8. The maximum atomic E-state index is 11.8. The summed E-state index contributed by atoms with van der Waals surface area (Å²) in [4.78, 5) is 11.8. The number of hydrogen-bond donors (Lipinski definition) is 1. The molecule has 1 aliphatic rings. The summed E-state index contributed by atoms with van der Waals surface area (Å²) < 4.78 is 10.3. The van der Waals surface area contributed by atoms with E-state index in [-0.39, 0.29) is 5.97 Å². The van der Waals surface area contributed by atoms with Gasteiger partial charge in [0.2, 0.25) is 5.13 Å². The molecule has 114 valence electrons. The lowest BCUT2D eigenvalue weighted by Gasteiger charge is -2.13. The van der Waals surface area contributed by atoms with Crippen LogP contribution in [0.1, 0.15) is 26.2 Å². The molecule has 0 atom stereocenters. The fourth-order valence-electron chi connectivity index (χ4n) is 2.17. The minimum Gasteiger partial charge on any atom is -0.469 e. The van der Waals surface area contributed by atoms with Crippen molar-refractivity contribution in [2.45, 2.75) is 26.2 Å². The minimum atomic E-state index is -0.422. The molecule has 0 bridgehead atoms. The van der Waals surface area contributed by atoms with Crippen molar-refractivity contribution in [1.82, 2.24) is 10.2 Å². The molecule has 1 heterocycles. The van der Waals surface area contributed by atoms with E-state index in [0.29, 0.717) is 23.4 Å². The molecule has 0 aromatic carbocycles. The van der Waals surface area contributed by atoms with E-state index in [1.54, 1.807) is 0 Å².